The van der Waals surface area contributed by atoms with Crippen molar-refractivity contribution in [2.75, 3.05) is 0 Å². The molecule has 0 unspecified atom stereocenters. The molecule has 3 aromatic rings. The van der Waals surface area contributed by atoms with Crippen LogP contribution < -0.4 is 0 Å². The van der Waals surface area contributed by atoms with Gasteiger partial charge in [-0.05, 0) is 65.5 Å². The highest BCUT2D eigenvalue weighted by atomic mass is 19.1. The van der Waals surface area contributed by atoms with E-state index in [9.17, 15) is 8.78 Å². The number of benzene rings is 3. The largest absolute Gasteiger partial charge is 0.207 e. The topological polar surface area (TPSA) is 0 Å². The van der Waals surface area contributed by atoms with Crippen LogP contribution in [0.15, 0.2) is 54.6 Å². The maximum atomic E-state index is 14.2. The van der Waals surface area contributed by atoms with Gasteiger partial charge in [-0.25, -0.2) is 8.78 Å². The van der Waals surface area contributed by atoms with Crippen LogP contribution in [0.25, 0.3) is 10.8 Å². The Hall–Kier alpha value is -2.22. The molecule has 26 heavy (non-hydrogen) atoms. The van der Waals surface area contributed by atoms with Crippen molar-refractivity contribution in [3.63, 3.8) is 0 Å². The summed E-state index contributed by atoms with van der Waals surface area (Å²) in [6, 6.07) is 16.3. The Bertz CT molecular complexity index is 911. The van der Waals surface area contributed by atoms with Gasteiger partial charge in [0.25, 0.3) is 0 Å². The molecule has 0 bridgehead atoms. The molecule has 3 aromatic carbocycles. The third-order valence-corrected chi connectivity index (χ3v) is 5.89. The number of aryl methyl sites for hydroxylation is 1. The number of rotatable bonds is 4. The number of unbranched alkanes of at least 4 members (excludes halogenated alkanes) is 1. The number of hydrogen-bond acceptors (Lipinski definition) is 0. The highest BCUT2D eigenvalue weighted by Crippen LogP contribution is 2.45. The summed E-state index contributed by atoms with van der Waals surface area (Å²) in [5, 5.41) is 1.74. The minimum absolute atomic E-state index is 0.156. The Morgan fingerprint density at radius 1 is 0.923 bits per heavy atom. The molecule has 134 valence electrons. The second-order valence-corrected chi connectivity index (χ2v) is 7.44. The van der Waals surface area contributed by atoms with E-state index in [0.717, 1.165) is 18.2 Å². The molecule has 4 rings (SSSR count). The van der Waals surface area contributed by atoms with E-state index in [2.05, 4.69) is 13.0 Å². The van der Waals surface area contributed by atoms with Gasteiger partial charge in [0.05, 0.1) is 0 Å². The SMILES string of the molecule is CCCC[C@@H]1CCc2c(ccc3c(F)cccc23)[C@H]1c1ccc(F)cc1. The standard InChI is InChI=1S/C24H24F2/c1-2-3-5-16-10-13-20-19-6-4-7-23(26)21(19)14-15-22(20)24(16)17-8-11-18(25)12-9-17/h4,6-9,11-12,14-16,24H,2-3,5,10,13H2,1H3/t16-,24-/m1/s1. The average molecular weight is 350 g/mol. The van der Waals surface area contributed by atoms with Gasteiger partial charge in [0.15, 0.2) is 0 Å². The minimum atomic E-state index is -0.199. The van der Waals surface area contributed by atoms with Gasteiger partial charge in [-0.1, -0.05) is 56.2 Å². The van der Waals surface area contributed by atoms with Crippen LogP contribution in [-0.2, 0) is 6.42 Å². The summed E-state index contributed by atoms with van der Waals surface area (Å²) < 4.78 is 27.7. The molecule has 0 aliphatic heterocycles. The Morgan fingerprint density at radius 3 is 2.50 bits per heavy atom. The lowest BCUT2D eigenvalue weighted by atomic mass is 9.69. The zero-order chi connectivity index (χ0) is 18.1. The van der Waals surface area contributed by atoms with Crippen molar-refractivity contribution in [3.05, 3.63) is 82.9 Å². The van der Waals surface area contributed by atoms with Gasteiger partial charge in [0.1, 0.15) is 11.6 Å². The maximum absolute atomic E-state index is 14.2. The molecule has 0 radical (unpaired) electrons. The highest BCUT2D eigenvalue weighted by molar-refractivity contribution is 5.88. The fraction of sp³-hybridized carbons (Fsp3) is 0.333. The second-order valence-electron chi connectivity index (χ2n) is 7.44. The molecule has 2 atom stereocenters. The number of halogens is 2. The van der Waals surface area contributed by atoms with Crippen LogP contribution in [0.1, 0.15) is 55.2 Å². The summed E-state index contributed by atoms with van der Waals surface area (Å²) in [4.78, 5) is 0. The third-order valence-electron chi connectivity index (χ3n) is 5.89. The predicted molar refractivity (Wildman–Crippen MR) is 103 cm³/mol. The zero-order valence-corrected chi connectivity index (χ0v) is 15.1. The molecule has 0 heterocycles. The van der Waals surface area contributed by atoms with Gasteiger partial charge in [-0.3, -0.25) is 0 Å². The van der Waals surface area contributed by atoms with Crippen molar-refractivity contribution < 1.29 is 8.78 Å². The van der Waals surface area contributed by atoms with E-state index in [4.69, 9.17) is 0 Å². The lowest BCUT2D eigenvalue weighted by Crippen LogP contribution is -2.22. The molecule has 0 fully saturated rings. The summed E-state index contributed by atoms with van der Waals surface area (Å²) in [6.07, 6.45) is 5.66. The number of hydrogen-bond donors (Lipinski definition) is 0. The van der Waals surface area contributed by atoms with Crippen molar-refractivity contribution in [3.8, 4) is 0 Å². The second kappa shape index (κ2) is 7.19. The molecule has 0 saturated carbocycles. The minimum Gasteiger partial charge on any atom is -0.207 e. The van der Waals surface area contributed by atoms with E-state index in [1.54, 1.807) is 18.2 Å². The first-order valence-corrected chi connectivity index (χ1v) is 9.64. The Labute approximate surface area is 153 Å². The maximum Gasteiger partial charge on any atom is 0.131 e. The van der Waals surface area contributed by atoms with E-state index in [1.807, 2.05) is 24.3 Å². The normalized spacial score (nSPS) is 19.5. The van der Waals surface area contributed by atoms with Gasteiger partial charge in [-0.15, -0.1) is 0 Å². The Kier molecular flexibility index (Phi) is 4.76. The van der Waals surface area contributed by atoms with Crippen LogP contribution >= 0.6 is 0 Å². The molecular weight excluding hydrogens is 326 g/mol. The predicted octanol–water partition coefficient (Wildman–Crippen LogP) is 7.00. The zero-order valence-electron chi connectivity index (χ0n) is 15.1. The Balaban J connectivity index is 1.86. The lowest BCUT2D eigenvalue weighted by Gasteiger charge is -2.35. The highest BCUT2D eigenvalue weighted by Gasteiger charge is 2.31. The van der Waals surface area contributed by atoms with E-state index in [1.165, 1.54) is 42.0 Å². The number of fused-ring (bicyclic) bond motifs is 3. The smallest absolute Gasteiger partial charge is 0.131 e. The summed E-state index contributed by atoms with van der Waals surface area (Å²) in [6.45, 7) is 2.22. The molecule has 0 N–H and O–H groups in total. The first-order chi connectivity index (χ1) is 12.7. The van der Waals surface area contributed by atoms with Gasteiger partial charge in [0.2, 0.25) is 0 Å². The average Bonchev–Trinajstić information content (AvgIpc) is 2.66. The van der Waals surface area contributed by atoms with Crippen LogP contribution in [-0.4, -0.2) is 0 Å². The molecule has 1 aliphatic rings. The first-order valence-electron chi connectivity index (χ1n) is 9.64. The van der Waals surface area contributed by atoms with Crippen molar-refractivity contribution in [2.45, 2.75) is 44.9 Å². The van der Waals surface area contributed by atoms with Gasteiger partial charge < -0.3 is 0 Å². The van der Waals surface area contributed by atoms with Crippen molar-refractivity contribution in [2.24, 2.45) is 5.92 Å². The summed E-state index contributed by atoms with van der Waals surface area (Å²) in [5.41, 5.74) is 3.73. The summed E-state index contributed by atoms with van der Waals surface area (Å²) in [7, 11) is 0. The van der Waals surface area contributed by atoms with Crippen LogP contribution in [0.2, 0.25) is 0 Å². The molecule has 0 nitrogen and oxygen atoms in total. The molecule has 1 aliphatic carbocycles. The summed E-state index contributed by atoms with van der Waals surface area (Å²) in [5.74, 6) is 0.463. The monoisotopic (exact) mass is 350 g/mol. The molecule has 2 heteroatoms. The van der Waals surface area contributed by atoms with E-state index < -0.39 is 0 Å². The first kappa shape index (κ1) is 17.2. The van der Waals surface area contributed by atoms with Crippen LogP contribution in [0, 0.1) is 17.6 Å². The fourth-order valence-electron chi connectivity index (χ4n) is 4.62. The van der Waals surface area contributed by atoms with Crippen LogP contribution in [0.4, 0.5) is 8.78 Å². The third kappa shape index (κ3) is 3.02. The van der Waals surface area contributed by atoms with Crippen LogP contribution in [0.3, 0.4) is 0 Å². The van der Waals surface area contributed by atoms with Crippen molar-refractivity contribution in [1.82, 2.24) is 0 Å². The van der Waals surface area contributed by atoms with Gasteiger partial charge in [-0.2, -0.15) is 0 Å². The van der Waals surface area contributed by atoms with Crippen LogP contribution in [0.5, 0.6) is 0 Å². The summed E-state index contributed by atoms with van der Waals surface area (Å²) >= 11 is 0. The van der Waals surface area contributed by atoms with E-state index in [0.29, 0.717) is 11.3 Å². The van der Waals surface area contributed by atoms with Crippen molar-refractivity contribution in [1.29, 1.82) is 0 Å². The quantitative estimate of drug-likeness (QED) is 0.475. The van der Waals surface area contributed by atoms with Gasteiger partial charge >= 0.3 is 0 Å². The van der Waals surface area contributed by atoms with E-state index in [-0.39, 0.29) is 17.6 Å². The molecular formula is C24H24F2. The van der Waals surface area contributed by atoms with Crippen molar-refractivity contribution >= 4 is 10.8 Å². The fourth-order valence-corrected chi connectivity index (χ4v) is 4.62. The Morgan fingerprint density at radius 2 is 1.73 bits per heavy atom. The van der Waals surface area contributed by atoms with E-state index >= 15 is 0 Å². The lowest BCUT2D eigenvalue weighted by molar-refractivity contribution is 0.372. The molecule has 0 saturated heterocycles. The molecule has 0 aromatic heterocycles. The molecule has 0 amide bonds. The molecule has 0 spiro atoms. The van der Waals surface area contributed by atoms with Gasteiger partial charge in [0, 0.05) is 11.3 Å².